The lowest BCUT2D eigenvalue weighted by Gasteiger charge is -2.14. The van der Waals surface area contributed by atoms with Crippen LogP contribution in [0.3, 0.4) is 0 Å². The van der Waals surface area contributed by atoms with Crippen molar-refractivity contribution in [2.75, 3.05) is 0 Å². The number of hydrogen-bond donors (Lipinski definition) is 1. The number of ketones is 1. The highest BCUT2D eigenvalue weighted by Crippen LogP contribution is 2.20. The van der Waals surface area contributed by atoms with Crippen molar-refractivity contribution in [1.29, 1.82) is 0 Å². The van der Waals surface area contributed by atoms with E-state index in [2.05, 4.69) is 13.8 Å². The average molecular weight is 467 g/mol. The number of carboxylic acid groups (broad SMARTS) is 1. The van der Waals surface area contributed by atoms with Crippen molar-refractivity contribution in [3.8, 4) is 0 Å². The lowest BCUT2D eigenvalue weighted by atomic mass is 9.90. The standard InChI is InChI=1S/C30H58O3/c1-3-5-7-9-11-13-14-15-16-18-20-22-24-26-29(31)28(27-30(32)33)25-23-21-19-17-12-10-8-6-4-2/h28H,3-27H2,1-2H3,(H,32,33). The normalized spacial score (nSPS) is 12.2. The van der Waals surface area contributed by atoms with Gasteiger partial charge >= 0.3 is 5.97 Å². The summed E-state index contributed by atoms with van der Waals surface area (Å²) >= 11 is 0. The van der Waals surface area contributed by atoms with Gasteiger partial charge in [0.25, 0.3) is 0 Å². The molecule has 0 spiro atoms. The molecule has 0 radical (unpaired) electrons. The number of unbranched alkanes of at least 4 members (excludes halogenated alkanes) is 20. The van der Waals surface area contributed by atoms with Crippen molar-refractivity contribution in [3.63, 3.8) is 0 Å². The molecular weight excluding hydrogens is 408 g/mol. The fourth-order valence-electron chi connectivity index (χ4n) is 4.81. The summed E-state index contributed by atoms with van der Waals surface area (Å²) in [6, 6.07) is 0. The van der Waals surface area contributed by atoms with Gasteiger partial charge in [-0.1, -0.05) is 149 Å². The van der Waals surface area contributed by atoms with E-state index >= 15 is 0 Å². The third-order valence-electron chi connectivity index (χ3n) is 7.06. The lowest BCUT2D eigenvalue weighted by Crippen LogP contribution is -2.18. The van der Waals surface area contributed by atoms with Crippen molar-refractivity contribution in [2.45, 2.75) is 174 Å². The maximum atomic E-state index is 12.6. The predicted octanol–water partition coefficient (Wildman–Crippen LogP) is 10.0. The smallest absolute Gasteiger partial charge is 0.304 e. The Bertz CT molecular complexity index is 432. The Labute approximate surface area is 206 Å². The van der Waals surface area contributed by atoms with Crippen molar-refractivity contribution >= 4 is 11.8 Å². The van der Waals surface area contributed by atoms with Gasteiger partial charge in [-0.25, -0.2) is 0 Å². The summed E-state index contributed by atoms with van der Waals surface area (Å²) in [6.07, 6.45) is 29.5. The topological polar surface area (TPSA) is 54.4 Å². The van der Waals surface area contributed by atoms with Gasteiger partial charge in [0.2, 0.25) is 0 Å². The van der Waals surface area contributed by atoms with Crippen LogP contribution >= 0.6 is 0 Å². The van der Waals surface area contributed by atoms with E-state index in [0.29, 0.717) is 6.42 Å². The van der Waals surface area contributed by atoms with Crippen LogP contribution in [0.5, 0.6) is 0 Å². The van der Waals surface area contributed by atoms with Crippen LogP contribution in [0.1, 0.15) is 174 Å². The first kappa shape index (κ1) is 32.1. The summed E-state index contributed by atoms with van der Waals surface area (Å²) in [4.78, 5) is 23.8. The van der Waals surface area contributed by atoms with Crippen LogP contribution in [0.25, 0.3) is 0 Å². The zero-order valence-corrected chi connectivity index (χ0v) is 22.5. The van der Waals surface area contributed by atoms with Gasteiger partial charge in [-0.15, -0.1) is 0 Å². The molecule has 0 rings (SSSR count). The largest absolute Gasteiger partial charge is 0.481 e. The molecule has 0 aliphatic rings. The second-order valence-electron chi connectivity index (χ2n) is 10.4. The Kier molecular flexibility index (Phi) is 25.1. The quantitative estimate of drug-likeness (QED) is 0.122. The summed E-state index contributed by atoms with van der Waals surface area (Å²) < 4.78 is 0. The van der Waals surface area contributed by atoms with Gasteiger partial charge in [0.1, 0.15) is 5.78 Å². The lowest BCUT2D eigenvalue weighted by molar-refractivity contribution is -0.140. The zero-order chi connectivity index (χ0) is 24.4. The number of carbonyl (C=O) groups is 2. The summed E-state index contributed by atoms with van der Waals surface area (Å²) in [5.41, 5.74) is 0. The van der Waals surface area contributed by atoms with Crippen LogP contribution in [0.15, 0.2) is 0 Å². The highest BCUT2D eigenvalue weighted by molar-refractivity contribution is 5.84. The van der Waals surface area contributed by atoms with Crippen LogP contribution in [0.2, 0.25) is 0 Å². The van der Waals surface area contributed by atoms with Crippen molar-refractivity contribution in [1.82, 2.24) is 0 Å². The van der Waals surface area contributed by atoms with Crippen molar-refractivity contribution in [2.24, 2.45) is 5.92 Å². The van der Waals surface area contributed by atoms with E-state index in [-0.39, 0.29) is 18.1 Å². The summed E-state index contributed by atoms with van der Waals surface area (Å²) in [7, 11) is 0. The Morgan fingerprint density at radius 1 is 0.515 bits per heavy atom. The maximum absolute atomic E-state index is 12.6. The molecule has 1 unspecified atom stereocenters. The SMILES string of the molecule is CCCCCCCCCCCCCCCC(=O)C(CCCCCCCCCCC)CC(=O)O. The van der Waals surface area contributed by atoms with E-state index in [9.17, 15) is 14.7 Å². The minimum absolute atomic E-state index is 0.0221. The van der Waals surface area contributed by atoms with Gasteiger partial charge in [0, 0.05) is 12.3 Å². The Morgan fingerprint density at radius 3 is 1.21 bits per heavy atom. The molecule has 33 heavy (non-hydrogen) atoms. The molecule has 0 saturated carbocycles. The molecule has 0 aromatic heterocycles. The van der Waals surface area contributed by atoms with E-state index < -0.39 is 5.97 Å². The summed E-state index contributed by atoms with van der Waals surface area (Å²) in [5, 5.41) is 9.21. The minimum atomic E-state index is -0.824. The molecule has 0 aromatic rings. The molecule has 196 valence electrons. The monoisotopic (exact) mass is 466 g/mol. The number of rotatable bonds is 27. The van der Waals surface area contributed by atoms with E-state index in [4.69, 9.17) is 0 Å². The molecule has 0 aromatic carbocycles. The van der Waals surface area contributed by atoms with Gasteiger partial charge < -0.3 is 5.11 Å². The van der Waals surface area contributed by atoms with E-state index in [1.54, 1.807) is 0 Å². The first-order valence-corrected chi connectivity index (χ1v) is 14.9. The molecule has 0 bridgehead atoms. The molecule has 0 heterocycles. The molecular formula is C30H58O3. The number of hydrogen-bond acceptors (Lipinski definition) is 2. The second-order valence-corrected chi connectivity index (χ2v) is 10.4. The summed E-state index contributed by atoms with van der Waals surface area (Å²) in [6.45, 7) is 4.51. The van der Waals surface area contributed by atoms with Crippen LogP contribution in [0, 0.1) is 5.92 Å². The van der Waals surface area contributed by atoms with E-state index in [1.807, 2.05) is 0 Å². The first-order chi connectivity index (χ1) is 16.1. The molecule has 3 heteroatoms. The molecule has 0 amide bonds. The highest BCUT2D eigenvalue weighted by Gasteiger charge is 2.20. The van der Waals surface area contributed by atoms with Crippen molar-refractivity contribution < 1.29 is 14.7 Å². The number of aliphatic carboxylic acids is 1. The number of Topliss-reactive ketones (excluding diaryl/α,β-unsaturated/α-hetero) is 1. The third kappa shape index (κ3) is 24.1. The fourth-order valence-corrected chi connectivity index (χ4v) is 4.81. The second kappa shape index (κ2) is 25.8. The number of carbonyl (C=O) groups excluding carboxylic acids is 1. The summed E-state index contributed by atoms with van der Waals surface area (Å²) in [5.74, 6) is -0.890. The van der Waals surface area contributed by atoms with Crippen LogP contribution in [0.4, 0.5) is 0 Å². The minimum Gasteiger partial charge on any atom is -0.481 e. The first-order valence-electron chi connectivity index (χ1n) is 14.9. The van der Waals surface area contributed by atoms with Gasteiger partial charge in [-0.05, 0) is 12.8 Å². The number of carboxylic acids is 1. The Morgan fingerprint density at radius 2 is 0.848 bits per heavy atom. The van der Waals surface area contributed by atoms with E-state index in [1.165, 1.54) is 116 Å². The maximum Gasteiger partial charge on any atom is 0.304 e. The molecule has 0 saturated heterocycles. The average Bonchev–Trinajstić information content (AvgIpc) is 2.79. The van der Waals surface area contributed by atoms with Crippen LogP contribution < -0.4 is 0 Å². The molecule has 0 aliphatic carbocycles. The van der Waals surface area contributed by atoms with Gasteiger partial charge in [0.05, 0.1) is 6.42 Å². The Balaban J connectivity index is 3.69. The highest BCUT2D eigenvalue weighted by atomic mass is 16.4. The van der Waals surface area contributed by atoms with Gasteiger partial charge in [-0.2, -0.15) is 0 Å². The zero-order valence-electron chi connectivity index (χ0n) is 22.5. The predicted molar refractivity (Wildman–Crippen MR) is 143 cm³/mol. The molecule has 3 nitrogen and oxygen atoms in total. The molecule has 1 N–H and O–H groups in total. The van der Waals surface area contributed by atoms with Gasteiger partial charge in [-0.3, -0.25) is 9.59 Å². The molecule has 0 fully saturated rings. The Hall–Kier alpha value is -0.860. The van der Waals surface area contributed by atoms with Crippen molar-refractivity contribution in [3.05, 3.63) is 0 Å². The van der Waals surface area contributed by atoms with Crippen LogP contribution in [-0.2, 0) is 9.59 Å². The molecule has 1 atom stereocenters. The van der Waals surface area contributed by atoms with Gasteiger partial charge in [0.15, 0.2) is 0 Å². The fraction of sp³-hybridized carbons (Fsp3) is 0.933. The molecule has 0 aliphatic heterocycles. The van der Waals surface area contributed by atoms with Crippen LogP contribution in [-0.4, -0.2) is 16.9 Å². The van der Waals surface area contributed by atoms with E-state index in [0.717, 1.165) is 32.1 Å². The third-order valence-corrected chi connectivity index (χ3v) is 7.06.